The van der Waals surface area contributed by atoms with Gasteiger partial charge in [-0.2, -0.15) is 5.26 Å². The maximum absolute atomic E-state index is 11.8. The summed E-state index contributed by atoms with van der Waals surface area (Å²) >= 11 is 0. The molecule has 5 nitrogen and oxygen atoms in total. The zero-order chi connectivity index (χ0) is 15.2. The Morgan fingerprint density at radius 1 is 1.40 bits per heavy atom. The Morgan fingerprint density at radius 2 is 2.05 bits per heavy atom. The predicted octanol–water partition coefficient (Wildman–Crippen LogP) is 2.70. The predicted molar refractivity (Wildman–Crippen MR) is 75.9 cm³/mol. The van der Waals surface area contributed by atoms with Crippen LogP contribution in [0.4, 0.5) is 0 Å². The molecular weight excluding hydrogens is 257 g/mol. The van der Waals surface area contributed by atoms with Crippen LogP contribution in [0, 0.1) is 11.3 Å². The van der Waals surface area contributed by atoms with E-state index in [1.165, 1.54) is 0 Å². The summed E-state index contributed by atoms with van der Waals surface area (Å²) in [6.45, 7) is 7.57. The van der Waals surface area contributed by atoms with Crippen LogP contribution in [0.25, 0.3) is 0 Å². The maximum atomic E-state index is 11.8. The minimum atomic E-state index is -0.489. The summed E-state index contributed by atoms with van der Waals surface area (Å²) in [5, 5.41) is 8.79. The molecule has 1 aliphatic heterocycles. The van der Waals surface area contributed by atoms with Gasteiger partial charge in [0.05, 0.1) is 31.1 Å². The molecule has 0 saturated carbocycles. The molecule has 2 atom stereocenters. The van der Waals surface area contributed by atoms with E-state index in [-0.39, 0.29) is 31.7 Å². The first-order valence-electron chi connectivity index (χ1n) is 7.23. The molecule has 0 aromatic carbocycles. The summed E-state index contributed by atoms with van der Waals surface area (Å²) in [4.78, 5) is 11.8. The Kier molecular flexibility index (Phi) is 6.51. The molecule has 0 radical (unpaired) electrons. The van der Waals surface area contributed by atoms with Crippen molar-refractivity contribution in [3.63, 3.8) is 0 Å². The van der Waals surface area contributed by atoms with Crippen LogP contribution in [0.5, 0.6) is 0 Å². The minimum Gasteiger partial charge on any atom is -0.460 e. The number of nitriles is 1. The smallest absolute Gasteiger partial charge is 0.457 e. The highest BCUT2D eigenvalue weighted by molar-refractivity contribution is 6.44. The fourth-order valence-corrected chi connectivity index (χ4v) is 2.17. The number of ether oxygens (including phenoxy) is 1. The second kappa shape index (κ2) is 7.65. The zero-order valence-corrected chi connectivity index (χ0v) is 12.8. The van der Waals surface area contributed by atoms with Crippen molar-refractivity contribution in [2.75, 3.05) is 0 Å². The number of carbonyl (C=O) groups is 1. The molecule has 1 aliphatic rings. The van der Waals surface area contributed by atoms with Crippen LogP contribution >= 0.6 is 0 Å². The van der Waals surface area contributed by atoms with Gasteiger partial charge in [0.25, 0.3) is 0 Å². The van der Waals surface area contributed by atoms with Gasteiger partial charge in [0, 0.05) is 0 Å². The van der Waals surface area contributed by atoms with Crippen molar-refractivity contribution in [2.24, 2.45) is 0 Å². The first kappa shape index (κ1) is 17.0. The molecule has 0 N–H and O–H groups in total. The third kappa shape index (κ3) is 6.40. The molecule has 0 aromatic rings. The monoisotopic (exact) mass is 281 g/mol. The van der Waals surface area contributed by atoms with E-state index in [0.29, 0.717) is 12.8 Å². The molecule has 6 heteroatoms. The van der Waals surface area contributed by atoms with Crippen molar-refractivity contribution in [3.05, 3.63) is 0 Å². The lowest BCUT2D eigenvalue weighted by Gasteiger charge is -2.33. The second-order valence-electron chi connectivity index (χ2n) is 6.12. The fourth-order valence-electron chi connectivity index (χ4n) is 2.17. The van der Waals surface area contributed by atoms with Crippen molar-refractivity contribution < 1.29 is 18.8 Å². The zero-order valence-electron chi connectivity index (χ0n) is 12.8. The Balaban J connectivity index is 2.54. The van der Waals surface area contributed by atoms with Crippen LogP contribution in [0.3, 0.4) is 0 Å². The number of hydrogen-bond acceptors (Lipinski definition) is 5. The van der Waals surface area contributed by atoms with Crippen molar-refractivity contribution in [2.45, 2.75) is 77.5 Å². The van der Waals surface area contributed by atoms with Crippen molar-refractivity contribution in [1.29, 1.82) is 5.26 Å². The van der Waals surface area contributed by atoms with Crippen molar-refractivity contribution >= 4 is 13.1 Å². The third-order valence-electron chi connectivity index (χ3n) is 2.87. The summed E-state index contributed by atoms with van der Waals surface area (Å²) in [6.07, 6.45) is 2.42. The van der Waals surface area contributed by atoms with Crippen LogP contribution in [0.2, 0.25) is 6.32 Å². The first-order valence-corrected chi connectivity index (χ1v) is 7.23. The molecule has 0 bridgehead atoms. The Morgan fingerprint density at radius 3 is 2.60 bits per heavy atom. The summed E-state index contributed by atoms with van der Waals surface area (Å²) in [7, 11) is -0.320. The highest BCUT2D eigenvalue weighted by atomic mass is 16.6. The molecule has 2 unspecified atom stereocenters. The topological polar surface area (TPSA) is 68.5 Å². The maximum Gasteiger partial charge on any atom is 0.457 e. The second-order valence-corrected chi connectivity index (χ2v) is 6.12. The Hall–Kier alpha value is -1.06. The van der Waals surface area contributed by atoms with Crippen molar-refractivity contribution in [1.82, 2.24) is 0 Å². The summed E-state index contributed by atoms with van der Waals surface area (Å²) in [6, 6.07) is 2.12. The Labute approximate surface area is 121 Å². The van der Waals surface area contributed by atoms with Crippen LogP contribution in [0.1, 0.15) is 53.4 Å². The van der Waals surface area contributed by atoms with Gasteiger partial charge in [-0.1, -0.05) is 13.3 Å². The SMILES string of the molecule is CCCB1OC(CC#N)CC(CC(=O)OC(C)(C)C)O1. The van der Waals surface area contributed by atoms with Crippen LogP contribution in [0.15, 0.2) is 0 Å². The van der Waals surface area contributed by atoms with E-state index >= 15 is 0 Å². The number of carbonyl (C=O) groups excluding carboxylic acids is 1. The van der Waals surface area contributed by atoms with Crippen molar-refractivity contribution in [3.8, 4) is 6.07 Å². The van der Waals surface area contributed by atoms with Gasteiger partial charge in [-0.05, 0) is 33.5 Å². The summed E-state index contributed by atoms with van der Waals surface area (Å²) in [5.74, 6) is -0.268. The van der Waals surface area contributed by atoms with Gasteiger partial charge < -0.3 is 14.0 Å². The fraction of sp³-hybridized carbons (Fsp3) is 0.857. The molecule has 1 fully saturated rings. The van der Waals surface area contributed by atoms with Gasteiger partial charge in [0.2, 0.25) is 0 Å². The lowest BCUT2D eigenvalue weighted by atomic mass is 9.79. The third-order valence-corrected chi connectivity index (χ3v) is 2.87. The molecule has 0 aromatic heterocycles. The van der Waals surface area contributed by atoms with Gasteiger partial charge in [-0.3, -0.25) is 4.79 Å². The van der Waals surface area contributed by atoms with Gasteiger partial charge >= 0.3 is 13.1 Å². The van der Waals surface area contributed by atoms with Gasteiger partial charge in [-0.25, -0.2) is 0 Å². The molecule has 20 heavy (non-hydrogen) atoms. The summed E-state index contributed by atoms with van der Waals surface area (Å²) < 4.78 is 16.7. The average molecular weight is 281 g/mol. The van der Waals surface area contributed by atoms with E-state index < -0.39 is 5.60 Å². The first-order chi connectivity index (χ1) is 9.34. The van der Waals surface area contributed by atoms with Gasteiger partial charge in [0.15, 0.2) is 0 Å². The number of nitrogens with zero attached hydrogens (tertiary/aromatic N) is 1. The number of esters is 1. The molecule has 1 saturated heterocycles. The van der Waals surface area contributed by atoms with E-state index in [2.05, 4.69) is 6.07 Å². The van der Waals surface area contributed by atoms with E-state index in [4.69, 9.17) is 19.3 Å². The van der Waals surface area contributed by atoms with Gasteiger partial charge in [-0.15, -0.1) is 0 Å². The van der Waals surface area contributed by atoms with E-state index in [1.54, 1.807) is 0 Å². The Bertz CT molecular complexity index is 361. The minimum absolute atomic E-state index is 0.155. The molecule has 0 amide bonds. The van der Waals surface area contributed by atoms with Gasteiger partial charge in [0.1, 0.15) is 5.60 Å². The molecule has 1 rings (SSSR count). The average Bonchev–Trinajstić information content (AvgIpc) is 2.26. The van der Waals surface area contributed by atoms with Crippen LogP contribution in [-0.4, -0.2) is 30.9 Å². The molecular formula is C14H24BNO4. The standard InChI is InChI=1S/C14H24BNO4/c1-5-7-15-19-11(6-8-16)9-12(20-15)10-13(17)18-14(2,3)4/h11-12H,5-7,9-10H2,1-4H3. The summed E-state index contributed by atoms with van der Waals surface area (Å²) in [5.41, 5.74) is -0.489. The van der Waals surface area contributed by atoms with E-state index in [9.17, 15) is 4.79 Å². The molecule has 1 heterocycles. The molecule has 0 spiro atoms. The number of rotatable bonds is 5. The number of hydrogen-bond donors (Lipinski definition) is 0. The highest BCUT2D eigenvalue weighted by Gasteiger charge is 2.35. The lowest BCUT2D eigenvalue weighted by Crippen LogP contribution is -2.42. The van der Waals surface area contributed by atoms with Crippen LogP contribution < -0.4 is 0 Å². The van der Waals surface area contributed by atoms with E-state index in [0.717, 1.165) is 12.7 Å². The molecule has 0 aliphatic carbocycles. The van der Waals surface area contributed by atoms with Crippen LogP contribution in [-0.2, 0) is 18.8 Å². The van der Waals surface area contributed by atoms with E-state index in [1.807, 2.05) is 27.7 Å². The highest BCUT2D eigenvalue weighted by Crippen LogP contribution is 2.24. The normalized spacial score (nSPS) is 23.2. The molecule has 112 valence electrons. The largest absolute Gasteiger partial charge is 0.460 e. The lowest BCUT2D eigenvalue weighted by molar-refractivity contribution is -0.157. The quantitative estimate of drug-likeness (QED) is 0.572.